The Bertz CT molecular complexity index is 685. The van der Waals surface area contributed by atoms with Crippen molar-refractivity contribution >= 4 is 56.6 Å². The first kappa shape index (κ1) is 15.0. The molecule has 114 valence electrons. The lowest BCUT2D eigenvalue weighted by Crippen LogP contribution is -2.61. The Labute approximate surface area is 158 Å². The largest absolute Gasteiger partial charge is 0.334 e. The Balaban J connectivity index is 1.89. The van der Waals surface area contributed by atoms with Crippen molar-refractivity contribution in [2.24, 2.45) is 0 Å². The molecule has 3 nitrogen and oxygen atoms in total. The smallest absolute Gasteiger partial charge is 0.160 e. The number of halogens is 2. The number of fused-ring (bicyclic) bond motifs is 6. The van der Waals surface area contributed by atoms with Gasteiger partial charge in [-0.3, -0.25) is 4.90 Å². The Kier molecular flexibility index (Phi) is 3.77. The van der Waals surface area contributed by atoms with Crippen LogP contribution in [0.3, 0.4) is 0 Å². The zero-order chi connectivity index (χ0) is 15.4. The van der Waals surface area contributed by atoms with E-state index < -0.39 is 0 Å². The molecule has 5 heteroatoms. The van der Waals surface area contributed by atoms with Crippen molar-refractivity contribution in [3.8, 4) is 0 Å². The summed E-state index contributed by atoms with van der Waals surface area (Å²) in [5, 5.41) is 0. The third-order valence-electron chi connectivity index (χ3n) is 4.40. The summed E-state index contributed by atoms with van der Waals surface area (Å²) in [6.07, 6.45) is 0.292. The van der Waals surface area contributed by atoms with E-state index in [1.807, 2.05) is 0 Å². The Morgan fingerprint density at radius 2 is 1.32 bits per heavy atom. The van der Waals surface area contributed by atoms with E-state index in [1.165, 1.54) is 29.6 Å². The molecule has 2 heterocycles. The van der Waals surface area contributed by atoms with Crippen molar-refractivity contribution < 1.29 is 0 Å². The number of rotatable bonds is 1. The second-order valence-corrected chi connectivity index (χ2v) is 8.60. The highest BCUT2D eigenvalue weighted by Crippen LogP contribution is 2.42. The van der Waals surface area contributed by atoms with Crippen LogP contribution >= 0.6 is 45.2 Å². The molecule has 0 spiro atoms. The molecule has 0 saturated carbocycles. The summed E-state index contributed by atoms with van der Waals surface area (Å²) < 4.78 is 2.62. The zero-order valence-electron chi connectivity index (χ0n) is 12.6. The van der Waals surface area contributed by atoms with Gasteiger partial charge in [0.15, 0.2) is 6.29 Å². The lowest BCUT2D eigenvalue weighted by atomic mass is 10.0. The molecule has 2 aromatic rings. The van der Waals surface area contributed by atoms with Gasteiger partial charge in [-0.1, -0.05) is 0 Å². The highest BCUT2D eigenvalue weighted by atomic mass is 127. The van der Waals surface area contributed by atoms with E-state index >= 15 is 0 Å². The second kappa shape index (κ2) is 5.52. The van der Waals surface area contributed by atoms with Gasteiger partial charge in [-0.25, -0.2) is 0 Å². The summed E-state index contributed by atoms with van der Waals surface area (Å²) >= 11 is 4.81. The summed E-state index contributed by atoms with van der Waals surface area (Å²) in [5.74, 6) is 0. The van der Waals surface area contributed by atoms with Gasteiger partial charge in [-0.2, -0.15) is 0 Å². The van der Waals surface area contributed by atoms with Gasteiger partial charge in [0, 0.05) is 31.6 Å². The summed E-state index contributed by atoms with van der Waals surface area (Å²) in [5.41, 5.74) is 5.60. The topological polar surface area (TPSA) is 9.72 Å². The molecule has 0 amide bonds. The predicted molar refractivity (Wildman–Crippen MR) is 108 cm³/mol. The number of nitrogens with zero attached hydrogens (tertiary/aromatic N) is 3. The minimum Gasteiger partial charge on any atom is -0.334 e. The molecule has 0 fully saturated rings. The summed E-state index contributed by atoms with van der Waals surface area (Å²) in [7, 11) is 4.33. The van der Waals surface area contributed by atoms with E-state index in [-0.39, 0.29) is 0 Å². The highest BCUT2D eigenvalue weighted by molar-refractivity contribution is 14.1. The fraction of sp³-hybridized carbons (Fsp3) is 0.294. The molecule has 2 aliphatic rings. The molecule has 0 aromatic heterocycles. The maximum Gasteiger partial charge on any atom is 0.160 e. The van der Waals surface area contributed by atoms with Crippen LogP contribution in [0.15, 0.2) is 36.4 Å². The maximum atomic E-state index is 2.52. The molecule has 2 aliphatic heterocycles. The van der Waals surface area contributed by atoms with Crippen LogP contribution in [0.1, 0.15) is 11.1 Å². The van der Waals surface area contributed by atoms with E-state index in [9.17, 15) is 0 Å². The van der Waals surface area contributed by atoms with E-state index in [4.69, 9.17) is 0 Å². The van der Waals surface area contributed by atoms with Crippen LogP contribution in [0.2, 0.25) is 0 Å². The van der Waals surface area contributed by atoms with Gasteiger partial charge in [0.1, 0.15) is 0 Å². The molecule has 4 rings (SSSR count). The molecular weight excluding hydrogens is 500 g/mol. The predicted octanol–water partition coefficient (Wildman–Crippen LogP) is 4.08. The monoisotopic (exact) mass is 517 g/mol. The van der Waals surface area contributed by atoms with Crippen molar-refractivity contribution in [2.75, 3.05) is 23.9 Å². The minimum atomic E-state index is 0.292. The third kappa shape index (κ3) is 2.32. The molecule has 2 bridgehead atoms. The van der Waals surface area contributed by atoms with Crippen molar-refractivity contribution in [2.45, 2.75) is 19.4 Å². The second-order valence-electron chi connectivity index (χ2n) is 6.11. The molecule has 0 aliphatic carbocycles. The quantitative estimate of drug-likeness (QED) is 0.529. The average molecular weight is 517 g/mol. The van der Waals surface area contributed by atoms with Crippen LogP contribution in [0.5, 0.6) is 0 Å². The number of benzene rings is 2. The van der Waals surface area contributed by atoms with Gasteiger partial charge in [0.2, 0.25) is 0 Å². The number of hydrogen-bond acceptors (Lipinski definition) is 3. The maximum absolute atomic E-state index is 2.52. The zero-order valence-corrected chi connectivity index (χ0v) is 16.9. The van der Waals surface area contributed by atoms with Crippen LogP contribution < -0.4 is 9.80 Å². The molecule has 0 saturated heterocycles. The first-order chi connectivity index (χ1) is 10.5. The van der Waals surface area contributed by atoms with Gasteiger partial charge in [0.05, 0.1) is 0 Å². The minimum absolute atomic E-state index is 0.292. The SMILES string of the molecule is CN(C)C1N2Cc3cc(I)ccc3N1Cc1cc(I)ccc12. The lowest BCUT2D eigenvalue weighted by Gasteiger charge is -2.53. The van der Waals surface area contributed by atoms with Crippen molar-refractivity contribution in [3.05, 3.63) is 54.7 Å². The Morgan fingerprint density at radius 1 is 0.864 bits per heavy atom. The fourth-order valence-electron chi connectivity index (χ4n) is 3.60. The van der Waals surface area contributed by atoms with Crippen LogP contribution in [-0.4, -0.2) is 25.3 Å². The van der Waals surface area contributed by atoms with E-state index in [2.05, 4.69) is 110 Å². The standard InChI is InChI=1S/C17H17I2N3/c1-20(2)17-21-10-12-8-14(19)4-6-16(12)22(17)9-11-7-13(18)3-5-15(11)21/h3-8,17H,9-10H2,1-2H3. The highest BCUT2D eigenvalue weighted by Gasteiger charge is 2.38. The lowest BCUT2D eigenvalue weighted by molar-refractivity contribution is 0.252. The van der Waals surface area contributed by atoms with E-state index in [1.54, 1.807) is 0 Å². The summed E-state index contributed by atoms with van der Waals surface area (Å²) in [6.45, 7) is 1.94. The average Bonchev–Trinajstić information content (AvgIpc) is 2.45. The van der Waals surface area contributed by atoms with Gasteiger partial charge >= 0.3 is 0 Å². The van der Waals surface area contributed by atoms with Gasteiger partial charge in [0.25, 0.3) is 0 Å². The molecule has 0 atom stereocenters. The first-order valence-electron chi connectivity index (χ1n) is 7.31. The van der Waals surface area contributed by atoms with Crippen LogP contribution in [-0.2, 0) is 13.1 Å². The molecule has 0 N–H and O–H groups in total. The summed E-state index contributed by atoms with van der Waals surface area (Å²) in [4.78, 5) is 7.35. The third-order valence-corrected chi connectivity index (χ3v) is 5.74. The van der Waals surface area contributed by atoms with E-state index in [0.29, 0.717) is 6.29 Å². The molecule has 0 radical (unpaired) electrons. The van der Waals surface area contributed by atoms with Crippen LogP contribution in [0.25, 0.3) is 0 Å². The van der Waals surface area contributed by atoms with Gasteiger partial charge in [-0.15, -0.1) is 0 Å². The van der Waals surface area contributed by atoms with Crippen molar-refractivity contribution in [1.29, 1.82) is 0 Å². The van der Waals surface area contributed by atoms with Crippen molar-refractivity contribution in [3.63, 3.8) is 0 Å². The molecule has 22 heavy (non-hydrogen) atoms. The normalized spacial score (nSPS) is 16.8. The molecule has 0 unspecified atom stereocenters. The first-order valence-corrected chi connectivity index (χ1v) is 9.47. The van der Waals surface area contributed by atoms with Crippen LogP contribution in [0.4, 0.5) is 11.4 Å². The number of hydrogen-bond donors (Lipinski definition) is 0. The number of anilines is 2. The van der Waals surface area contributed by atoms with Crippen molar-refractivity contribution in [1.82, 2.24) is 4.90 Å². The fourth-order valence-corrected chi connectivity index (χ4v) is 4.71. The molecule has 2 aromatic carbocycles. The Morgan fingerprint density at radius 3 is 1.73 bits per heavy atom. The Hall–Kier alpha value is -0.540. The van der Waals surface area contributed by atoms with E-state index in [0.717, 1.165) is 13.1 Å². The van der Waals surface area contributed by atoms with Gasteiger partial charge < -0.3 is 9.80 Å². The van der Waals surface area contributed by atoms with Crippen LogP contribution in [0, 0.1) is 7.14 Å². The molecular formula is C17H17I2N3. The summed E-state index contributed by atoms with van der Waals surface area (Å²) in [6, 6.07) is 13.6. The van der Waals surface area contributed by atoms with Gasteiger partial charge in [-0.05, 0) is 107 Å².